The van der Waals surface area contributed by atoms with Gasteiger partial charge in [0.05, 0.1) is 29.6 Å². The van der Waals surface area contributed by atoms with Gasteiger partial charge in [-0.3, -0.25) is 4.68 Å². The number of thiazole rings is 1. The lowest BCUT2D eigenvalue weighted by molar-refractivity contribution is 0.0531. The quantitative estimate of drug-likeness (QED) is 0.824. The fraction of sp³-hybridized carbons (Fsp3) is 0.588. The number of aryl methyl sites for hydroxylation is 2. The predicted molar refractivity (Wildman–Crippen MR) is 96.8 cm³/mol. The number of carbonyl (C=O) groups is 1. The second-order valence-electron chi connectivity index (χ2n) is 6.81. The van der Waals surface area contributed by atoms with Crippen molar-refractivity contribution >= 4 is 22.4 Å². The maximum atomic E-state index is 11.9. The Morgan fingerprint density at radius 2 is 2.04 bits per heavy atom. The Labute approximate surface area is 147 Å². The second-order valence-corrected chi connectivity index (χ2v) is 7.80. The van der Waals surface area contributed by atoms with E-state index in [-0.39, 0.29) is 17.6 Å². The summed E-state index contributed by atoms with van der Waals surface area (Å²) in [6, 6.07) is 0.0432. The number of nitrogens with one attached hydrogen (secondary N) is 1. The molecule has 7 heteroatoms. The Kier molecular flexibility index (Phi) is 5.32. The Morgan fingerprint density at radius 1 is 1.38 bits per heavy atom. The summed E-state index contributed by atoms with van der Waals surface area (Å²) in [5.41, 5.74) is 2.74. The summed E-state index contributed by atoms with van der Waals surface area (Å²) >= 11 is 1.32. The summed E-state index contributed by atoms with van der Waals surface area (Å²) in [7, 11) is 0. The van der Waals surface area contributed by atoms with E-state index in [9.17, 15) is 4.79 Å². The summed E-state index contributed by atoms with van der Waals surface area (Å²) in [4.78, 5) is 16.9. The summed E-state index contributed by atoms with van der Waals surface area (Å²) in [6.45, 7) is 14.4. The van der Waals surface area contributed by atoms with Crippen molar-refractivity contribution in [2.24, 2.45) is 0 Å². The molecule has 0 bridgehead atoms. The smallest absolute Gasteiger partial charge is 0.350 e. The highest BCUT2D eigenvalue weighted by atomic mass is 32.1. The van der Waals surface area contributed by atoms with Crippen molar-refractivity contribution in [3.8, 4) is 0 Å². The maximum Gasteiger partial charge on any atom is 0.350 e. The molecule has 1 N–H and O–H groups in total. The van der Waals surface area contributed by atoms with Crippen LogP contribution in [0, 0.1) is 13.8 Å². The maximum absolute atomic E-state index is 11.9. The molecular weight excluding hydrogens is 324 g/mol. The van der Waals surface area contributed by atoms with Crippen LogP contribution in [-0.2, 0) is 10.3 Å². The van der Waals surface area contributed by atoms with Gasteiger partial charge >= 0.3 is 5.97 Å². The van der Waals surface area contributed by atoms with Gasteiger partial charge in [0.2, 0.25) is 0 Å². The van der Waals surface area contributed by atoms with Crippen LogP contribution in [0.2, 0.25) is 0 Å². The lowest BCUT2D eigenvalue weighted by Gasteiger charge is -2.19. The number of ether oxygens (including phenoxy) is 1. The van der Waals surface area contributed by atoms with Gasteiger partial charge in [-0.15, -0.1) is 0 Å². The van der Waals surface area contributed by atoms with Gasteiger partial charge in [-0.05, 0) is 48.5 Å². The van der Waals surface area contributed by atoms with Crippen LogP contribution in [0.15, 0.2) is 6.20 Å². The van der Waals surface area contributed by atoms with Crippen molar-refractivity contribution in [1.29, 1.82) is 0 Å². The molecule has 2 aromatic rings. The molecule has 0 aromatic carbocycles. The number of esters is 1. The third kappa shape index (κ3) is 3.95. The van der Waals surface area contributed by atoms with Crippen molar-refractivity contribution in [2.75, 3.05) is 11.9 Å². The molecule has 0 aliphatic carbocycles. The van der Waals surface area contributed by atoms with Crippen LogP contribution in [0.5, 0.6) is 0 Å². The topological polar surface area (TPSA) is 69.0 Å². The van der Waals surface area contributed by atoms with E-state index in [1.807, 2.05) is 18.5 Å². The number of carbonyl (C=O) groups excluding carboxylic acids is 1. The first-order valence-electron chi connectivity index (χ1n) is 8.11. The van der Waals surface area contributed by atoms with Crippen molar-refractivity contribution in [2.45, 2.75) is 60.0 Å². The van der Waals surface area contributed by atoms with Crippen molar-refractivity contribution < 1.29 is 9.53 Å². The second kappa shape index (κ2) is 6.93. The minimum Gasteiger partial charge on any atom is -0.462 e. The highest BCUT2D eigenvalue weighted by Gasteiger charge is 2.21. The molecule has 0 fully saturated rings. The van der Waals surface area contributed by atoms with E-state index in [4.69, 9.17) is 4.74 Å². The molecule has 0 amide bonds. The molecule has 0 saturated heterocycles. The molecule has 0 aliphatic heterocycles. The molecule has 132 valence electrons. The lowest BCUT2D eigenvalue weighted by Crippen LogP contribution is -2.22. The van der Waals surface area contributed by atoms with E-state index in [1.165, 1.54) is 11.3 Å². The number of hydrogen-bond acceptors (Lipinski definition) is 6. The summed E-state index contributed by atoms with van der Waals surface area (Å²) in [5, 5.41) is 8.69. The molecule has 1 atom stereocenters. The molecule has 2 rings (SSSR count). The van der Waals surface area contributed by atoms with Crippen LogP contribution in [0.4, 0.5) is 5.13 Å². The fourth-order valence-corrected chi connectivity index (χ4v) is 3.30. The molecule has 0 aliphatic rings. The van der Waals surface area contributed by atoms with Crippen LogP contribution in [-0.4, -0.2) is 27.3 Å². The van der Waals surface area contributed by atoms with Gasteiger partial charge in [0, 0.05) is 11.8 Å². The fourth-order valence-electron chi connectivity index (χ4n) is 2.35. The molecule has 2 aromatic heterocycles. The van der Waals surface area contributed by atoms with E-state index in [2.05, 4.69) is 49.3 Å². The van der Waals surface area contributed by atoms with Crippen molar-refractivity contribution in [1.82, 2.24) is 14.8 Å². The average molecular weight is 350 g/mol. The zero-order valence-electron chi connectivity index (χ0n) is 15.4. The van der Waals surface area contributed by atoms with E-state index < -0.39 is 0 Å². The highest BCUT2D eigenvalue weighted by molar-refractivity contribution is 7.17. The third-order valence-corrected chi connectivity index (χ3v) is 4.76. The van der Waals surface area contributed by atoms with Crippen LogP contribution < -0.4 is 5.32 Å². The number of anilines is 1. The predicted octanol–water partition coefficient (Wildman–Crippen LogP) is 4.06. The van der Waals surface area contributed by atoms with Gasteiger partial charge in [0.1, 0.15) is 4.88 Å². The SMILES string of the molecule is CCOC(=O)c1sc(NC(C)c2cn(C(C)(C)C)nc2C)nc1C. The van der Waals surface area contributed by atoms with Gasteiger partial charge in [0.15, 0.2) is 5.13 Å². The largest absolute Gasteiger partial charge is 0.462 e. The van der Waals surface area contributed by atoms with Crippen molar-refractivity contribution in [3.05, 3.63) is 28.0 Å². The Hall–Kier alpha value is -1.89. The summed E-state index contributed by atoms with van der Waals surface area (Å²) in [6.07, 6.45) is 2.07. The van der Waals surface area contributed by atoms with Gasteiger partial charge in [-0.25, -0.2) is 9.78 Å². The standard InChI is InChI=1S/C17H26N4O2S/c1-8-23-15(22)14-12(4)19-16(24-14)18-10(2)13-9-21(17(5,6)7)20-11(13)3/h9-10H,8H2,1-7H3,(H,18,19). The summed E-state index contributed by atoms with van der Waals surface area (Å²) in [5.74, 6) is -0.315. The van der Waals surface area contributed by atoms with Crippen LogP contribution in [0.25, 0.3) is 0 Å². The molecule has 0 radical (unpaired) electrons. The van der Waals surface area contributed by atoms with Crippen LogP contribution in [0.1, 0.15) is 67.3 Å². The molecular formula is C17H26N4O2S. The zero-order chi connectivity index (χ0) is 18.1. The van der Waals surface area contributed by atoms with E-state index >= 15 is 0 Å². The van der Waals surface area contributed by atoms with E-state index in [1.54, 1.807) is 6.92 Å². The minimum absolute atomic E-state index is 0.0432. The molecule has 2 heterocycles. The van der Waals surface area contributed by atoms with Gasteiger partial charge in [-0.1, -0.05) is 11.3 Å². The number of nitrogens with zero attached hydrogens (tertiary/aromatic N) is 3. The van der Waals surface area contributed by atoms with E-state index in [0.717, 1.165) is 11.3 Å². The molecule has 6 nitrogen and oxygen atoms in total. The number of aromatic nitrogens is 3. The van der Waals surface area contributed by atoms with Crippen LogP contribution in [0.3, 0.4) is 0 Å². The summed E-state index contributed by atoms with van der Waals surface area (Å²) < 4.78 is 7.04. The molecule has 0 spiro atoms. The zero-order valence-corrected chi connectivity index (χ0v) is 16.2. The molecule has 1 unspecified atom stereocenters. The molecule has 24 heavy (non-hydrogen) atoms. The Morgan fingerprint density at radius 3 is 2.58 bits per heavy atom. The number of rotatable bonds is 5. The normalized spacial score (nSPS) is 13.0. The monoisotopic (exact) mass is 350 g/mol. The highest BCUT2D eigenvalue weighted by Crippen LogP contribution is 2.28. The Balaban J connectivity index is 2.18. The first kappa shape index (κ1) is 18.4. The van der Waals surface area contributed by atoms with Crippen LogP contribution >= 0.6 is 11.3 Å². The minimum atomic E-state index is -0.315. The molecule has 0 saturated carbocycles. The first-order chi connectivity index (χ1) is 11.1. The number of hydrogen-bond donors (Lipinski definition) is 1. The average Bonchev–Trinajstić information content (AvgIpc) is 3.02. The van der Waals surface area contributed by atoms with E-state index in [0.29, 0.717) is 22.3 Å². The van der Waals surface area contributed by atoms with Gasteiger partial charge in [-0.2, -0.15) is 5.10 Å². The van der Waals surface area contributed by atoms with Gasteiger partial charge < -0.3 is 10.1 Å². The Bertz CT molecular complexity index is 728. The lowest BCUT2D eigenvalue weighted by atomic mass is 10.1. The third-order valence-electron chi connectivity index (χ3n) is 3.69. The van der Waals surface area contributed by atoms with Crippen molar-refractivity contribution in [3.63, 3.8) is 0 Å². The first-order valence-corrected chi connectivity index (χ1v) is 8.92. The van der Waals surface area contributed by atoms with Gasteiger partial charge in [0.25, 0.3) is 0 Å².